The molecule has 1 aliphatic carbocycles. The first-order chi connectivity index (χ1) is 10.2. The van der Waals surface area contributed by atoms with Gasteiger partial charge in [-0.1, -0.05) is 19.8 Å². The van der Waals surface area contributed by atoms with Crippen LogP contribution in [0.15, 0.2) is 0 Å². The Balaban J connectivity index is 1.68. The average Bonchev–Trinajstić information content (AvgIpc) is 3.24. The average molecular weight is 290 g/mol. The second-order valence-corrected chi connectivity index (χ2v) is 6.89. The fourth-order valence-electron chi connectivity index (χ4n) is 3.67. The lowest BCUT2D eigenvalue weighted by Gasteiger charge is -2.34. The summed E-state index contributed by atoms with van der Waals surface area (Å²) in [6.07, 6.45) is 8.09. The Morgan fingerprint density at radius 1 is 1.19 bits per heavy atom. The largest absolute Gasteiger partial charge is 0.357 e. The highest BCUT2D eigenvalue weighted by atomic mass is 15.4. The van der Waals surface area contributed by atoms with Crippen LogP contribution in [0.5, 0.6) is 0 Å². The van der Waals surface area contributed by atoms with Crippen LogP contribution < -0.4 is 10.2 Å². The maximum Gasteiger partial charge on any atom is 0.131 e. The predicted octanol–water partition coefficient (Wildman–Crippen LogP) is 3.00. The molecule has 4 heteroatoms. The molecule has 0 unspecified atom stereocenters. The zero-order chi connectivity index (χ0) is 14.8. The molecule has 0 bridgehead atoms. The minimum absolute atomic E-state index is 0.757. The Hall–Kier alpha value is -1.03. The van der Waals surface area contributed by atoms with E-state index in [4.69, 9.17) is 0 Å². The maximum atomic E-state index is 4.67. The van der Waals surface area contributed by atoms with Crippen molar-refractivity contribution in [2.75, 3.05) is 18.0 Å². The van der Waals surface area contributed by atoms with Gasteiger partial charge in [0.2, 0.25) is 0 Å². The summed E-state index contributed by atoms with van der Waals surface area (Å²) in [6.45, 7) is 7.82. The molecule has 0 radical (unpaired) electrons. The minimum atomic E-state index is 0.757. The Morgan fingerprint density at radius 2 is 1.90 bits per heavy atom. The smallest absolute Gasteiger partial charge is 0.131 e. The Labute approximate surface area is 128 Å². The summed E-state index contributed by atoms with van der Waals surface area (Å²) in [7, 11) is 2.10. The first kappa shape index (κ1) is 14.9. The Morgan fingerprint density at radius 3 is 2.52 bits per heavy atom. The van der Waals surface area contributed by atoms with E-state index in [0.717, 1.165) is 18.5 Å². The molecule has 2 fully saturated rings. The van der Waals surface area contributed by atoms with Gasteiger partial charge in [0.25, 0.3) is 0 Å². The second kappa shape index (κ2) is 6.39. The normalized spacial score (nSPS) is 20.2. The van der Waals surface area contributed by atoms with Crippen molar-refractivity contribution < 1.29 is 0 Å². The molecule has 4 nitrogen and oxygen atoms in total. The lowest BCUT2D eigenvalue weighted by Crippen LogP contribution is -2.35. The van der Waals surface area contributed by atoms with Gasteiger partial charge in [-0.3, -0.25) is 4.68 Å². The summed E-state index contributed by atoms with van der Waals surface area (Å²) in [6, 6.07) is 0.757. The van der Waals surface area contributed by atoms with Gasteiger partial charge in [-0.25, -0.2) is 0 Å². The van der Waals surface area contributed by atoms with Crippen LogP contribution in [0.25, 0.3) is 0 Å². The van der Waals surface area contributed by atoms with Crippen LogP contribution in [0.4, 0.5) is 5.82 Å². The third-order valence-electron chi connectivity index (χ3n) is 5.07. The number of piperidine rings is 1. The van der Waals surface area contributed by atoms with Crippen molar-refractivity contribution in [1.29, 1.82) is 0 Å². The molecule has 0 amide bonds. The van der Waals surface area contributed by atoms with E-state index in [1.807, 2.05) is 0 Å². The van der Waals surface area contributed by atoms with Crippen LogP contribution in [-0.2, 0) is 13.6 Å². The number of nitrogens with one attached hydrogen (secondary N) is 1. The molecule has 0 atom stereocenters. The molecule has 1 N–H and O–H groups in total. The molecular weight excluding hydrogens is 260 g/mol. The summed E-state index contributed by atoms with van der Waals surface area (Å²) in [5, 5.41) is 8.33. The highest BCUT2D eigenvalue weighted by Crippen LogP contribution is 2.30. The van der Waals surface area contributed by atoms with Crippen molar-refractivity contribution >= 4 is 5.82 Å². The highest BCUT2D eigenvalue weighted by molar-refractivity contribution is 5.50. The number of hydrogen-bond acceptors (Lipinski definition) is 3. The van der Waals surface area contributed by atoms with Crippen molar-refractivity contribution in [2.24, 2.45) is 13.0 Å². The van der Waals surface area contributed by atoms with E-state index >= 15 is 0 Å². The van der Waals surface area contributed by atoms with Crippen molar-refractivity contribution in [2.45, 2.75) is 65.0 Å². The van der Waals surface area contributed by atoms with Crippen molar-refractivity contribution in [3.8, 4) is 0 Å². The number of rotatable bonds is 6. The van der Waals surface area contributed by atoms with E-state index in [1.54, 1.807) is 0 Å². The van der Waals surface area contributed by atoms with E-state index in [9.17, 15) is 0 Å². The zero-order valence-corrected chi connectivity index (χ0v) is 13.9. The van der Waals surface area contributed by atoms with Gasteiger partial charge in [0, 0.05) is 38.3 Å². The van der Waals surface area contributed by atoms with Gasteiger partial charge >= 0.3 is 0 Å². The maximum absolute atomic E-state index is 4.67. The predicted molar refractivity (Wildman–Crippen MR) is 87.7 cm³/mol. The first-order valence-corrected chi connectivity index (χ1v) is 8.69. The molecule has 2 heterocycles. The third kappa shape index (κ3) is 3.42. The molecule has 0 spiro atoms. The van der Waals surface area contributed by atoms with Gasteiger partial charge in [-0.2, -0.15) is 5.10 Å². The van der Waals surface area contributed by atoms with E-state index in [1.165, 1.54) is 68.7 Å². The molecular formula is C17H30N4. The van der Waals surface area contributed by atoms with Crippen LogP contribution in [0.1, 0.15) is 56.7 Å². The van der Waals surface area contributed by atoms with Crippen LogP contribution in [0.2, 0.25) is 0 Å². The van der Waals surface area contributed by atoms with Crippen LogP contribution in [-0.4, -0.2) is 28.9 Å². The van der Waals surface area contributed by atoms with Gasteiger partial charge in [0.1, 0.15) is 5.82 Å². The fourth-order valence-corrected chi connectivity index (χ4v) is 3.67. The highest BCUT2D eigenvalue weighted by Gasteiger charge is 2.26. The molecule has 2 aliphatic rings. The molecule has 1 saturated heterocycles. The van der Waals surface area contributed by atoms with E-state index in [0.29, 0.717) is 0 Å². The number of aromatic nitrogens is 2. The van der Waals surface area contributed by atoms with Crippen molar-refractivity contribution in [3.63, 3.8) is 0 Å². The van der Waals surface area contributed by atoms with E-state index < -0.39 is 0 Å². The SMILES string of the molecule is CCCC1CCN(c2c(CNC3CC3)c(C)nn2C)CC1. The molecule has 1 aromatic heterocycles. The molecule has 3 rings (SSSR count). The van der Waals surface area contributed by atoms with Gasteiger partial charge in [-0.05, 0) is 38.5 Å². The van der Waals surface area contributed by atoms with E-state index in [2.05, 4.69) is 40.9 Å². The standard InChI is InChI=1S/C17H30N4/c1-4-5-14-8-10-21(11-9-14)17-16(12-18-15-6-7-15)13(2)19-20(17)3/h14-15,18H,4-12H2,1-3H3. The minimum Gasteiger partial charge on any atom is -0.357 e. The Bertz CT molecular complexity index is 467. The molecule has 1 saturated carbocycles. The molecule has 21 heavy (non-hydrogen) atoms. The topological polar surface area (TPSA) is 33.1 Å². The third-order valence-corrected chi connectivity index (χ3v) is 5.07. The van der Waals surface area contributed by atoms with Gasteiger partial charge < -0.3 is 10.2 Å². The van der Waals surface area contributed by atoms with Crippen LogP contribution in [0.3, 0.4) is 0 Å². The summed E-state index contributed by atoms with van der Waals surface area (Å²) >= 11 is 0. The molecule has 1 aliphatic heterocycles. The second-order valence-electron chi connectivity index (χ2n) is 6.89. The number of nitrogens with zero attached hydrogens (tertiary/aromatic N) is 3. The number of aryl methyl sites for hydroxylation is 2. The summed E-state index contributed by atoms with van der Waals surface area (Å²) in [5.74, 6) is 2.30. The zero-order valence-electron chi connectivity index (χ0n) is 13.9. The van der Waals surface area contributed by atoms with Crippen LogP contribution in [0, 0.1) is 12.8 Å². The van der Waals surface area contributed by atoms with Crippen molar-refractivity contribution in [3.05, 3.63) is 11.3 Å². The molecule has 1 aromatic rings. The monoisotopic (exact) mass is 290 g/mol. The van der Waals surface area contributed by atoms with Crippen molar-refractivity contribution in [1.82, 2.24) is 15.1 Å². The first-order valence-electron chi connectivity index (χ1n) is 8.69. The van der Waals surface area contributed by atoms with Gasteiger partial charge in [0.05, 0.1) is 5.69 Å². The number of anilines is 1. The summed E-state index contributed by atoms with van der Waals surface area (Å²) in [4.78, 5) is 2.57. The summed E-state index contributed by atoms with van der Waals surface area (Å²) in [5.41, 5.74) is 2.61. The Kier molecular flexibility index (Phi) is 4.53. The lowest BCUT2D eigenvalue weighted by atomic mass is 9.92. The van der Waals surface area contributed by atoms with E-state index in [-0.39, 0.29) is 0 Å². The molecule has 118 valence electrons. The summed E-state index contributed by atoms with van der Waals surface area (Å²) < 4.78 is 2.10. The quantitative estimate of drug-likeness (QED) is 0.874. The number of hydrogen-bond donors (Lipinski definition) is 1. The fraction of sp³-hybridized carbons (Fsp3) is 0.824. The molecule has 0 aromatic carbocycles. The van der Waals surface area contributed by atoms with Gasteiger partial charge in [0.15, 0.2) is 0 Å². The lowest BCUT2D eigenvalue weighted by molar-refractivity contribution is 0.375. The van der Waals surface area contributed by atoms with Gasteiger partial charge in [-0.15, -0.1) is 0 Å². The van der Waals surface area contributed by atoms with Crippen LogP contribution >= 0.6 is 0 Å².